The van der Waals surface area contributed by atoms with Gasteiger partial charge in [0, 0.05) is 16.4 Å². The quantitative estimate of drug-likeness (QED) is 0.529. The zero-order chi connectivity index (χ0) is 21.2. The van der Waals surface area contributed by atoms with Crippen LogP contribution in [0.1, 0.15) is 5.56 Å². The third-order valence-corrected chi connectivity index (χ3v) is 4.23. The minimum absolute atomic E-state index is 0.234. The van der Waals surface area contributed by atoms with E-state index in [1.165, 1.54) is 0 Å². The number of carbonyl (C=O) groups excluding carboxylic acids is 2. The smallest absolute Gasteiger partial charge is 0.250 e. The predicted molar refractivity (Wildman–Crippen MR) is 117 cm³/mol. The highest BCUT2D eigenvalue weighted by Gasteiger charge is 2.07. The standard InChI is InChI=1S/C23H21ClN2O4/c24-18-6-8-19(9-7-18)25-22(27)15-29-16-23(28)26-20-10-12-21(13-11-20)30-14-17-4-2-1-3-5-17/h1-13H,14-16H2,(H,25,27)(H,26,28). The fourth-order valence-corrected chi connectivity index (χ4v) is 2.67. The molecule has 0 unspecified atom stereocenters. The van der Waals surface area contributed by atoms with Gasteiger partial charge in [0.05, 0.1) is 0 Å². The topological polar surface area (TPSA) is 76.7 Å². The third kappa shape index (κ3) is 7.24. The molecular weight excluding hydrogens is 404 g/mol. The van der Waals surface area contributed by atoms with Crippen LogP contribution in [0.2, 0.25) is 5.02 Å². The highest BCUT2D eigenvalue weighted by molar-refractivity contribution is 6.30. The summed E-state index contributed by atoms with van der Waals surface area (Å²) in [6.07, 6.45) is 0. The predicted octanol–water partition coefficient (Wildman–Crippen LogP) is 4.51. The van der Waals surface area contributed by atoms with Crippen LogP contribution in [0.15, 0.2) is 78.9 Å². The first-order chi connectivity index (χ1) is 14.6. The van der Waals surface area contributed by atoms with Gasteiger partial charge in [-0.15, -0.1) is 0 Å². The Bertz CT molecular complexity index is 961. The molecule has 0 bridgehead atoms. The van der Waals surface area contributed by atoms with Crippen LogP contribution in [0.3, 0.4) is 0 Å². The minimum Gasteiger partial charge on any atom is -0.489 e. The molecule has 0 aliphatic carbocycles. The summed E-state index contributed by atoms with van der Waals surface area (Å²) in [6.45, 7) is 0.00107. The molecule has 2 amide bonds. The van der Waals surface area contributed by atoms with Gasteiger partial charge in [-0.25, -0.2) is 0 Å². The minimum atomic E-state index is -0.356. The second-order valence-electron chi connectivity index (χ2n) is 6.39. The Kier molecular flexibility index (Phi) is 7.83. The van der Waals surface area contributed by atoms with Crippen molar-refractivity contribution in [2.75, 3.05) is 23.8 Å². The van der Waals surface area contributed by atoms with Gasteiger partial charge in [-0.3, -0.25) is 9.59 Å². The molecule has 3 rings (SSSR count). The Balaban J connectivity index is 1.36. The van der Waals surface area contributed by atoms with Crippen molar-refractivity contribution in [3.05, 3.63) is 89.4 Å². The van der Waals surface area contributed by atoms with E-state index in [-0.39, 0.29) is 25.0 Å². The van der Waals surface area contributed by atoms with E-state index in [1.807, 2.05) is 30.3 Å². The van der Waals surface area contributed by atoms with Gasteiger partial charge >= 0.3 is 0 Å². The number of benzene rings is 3. The molecular formula is C23H21ClN2O4. The highest BCUT2D eigenvalue weighted by atomic mass is 35.5. The molecule has 0 spiro atoms. The second-order valence-corrected chi connectivity index (χ2v) is 6.83. The summed E-state index contributed by atoms with van der Waals surface area (Å²) in [4.78, 5) is 23.8. The number of amides is 2. The first-order valence-corrected chi connectivity index (χ1v) is 9.66. The molecule has 7 heteroatoms. The Morgan fingerprint density at radius 2 is 1.27 bits per heavy atom. The van der Waals surface area contributed by atoms with Crippen molar-refractivity contribution in [1.29, 1.82) is 0 Å². The van der Waals surface area contributed by atoms with Gasteiger partial charge in [0.1, 0.15) is 25.6 Å². The molecule has 3 aromatic rings. The number of hydrogen-bond acceptors (Lipinski definition) is 4. The van der Waals surface area contributed by atoms with Crippen LogP contribution in [0, 0.1) is 0 Å². The molecule has 0 fully saturated rings. The van der Waals surface area contributed by atoms with Crippen LogP contribution in [0.5, 0.6) is 5.75 Å². The van der Waals surface area contributed by atoms with E-state index in [1.54, 1.807) is 48.5 Å². The van der Waals surface area contributed by atoms with Gasteiger partial charge < -0.3 is 20.1 Å². The number of ether oxygens (including phenoxy) is 2. The van der Waals surface area contributed by atoms with E-state index >= 15 is 0 Å². The summed E-state index contributed by atoms with van der Waals surface area (Å²) >= 11 is 5.79. The average molecular weight is 425 g/mol. The maximum Gasteiger partial charge on any atom is 0.250 e. The zero-order valence-electron chi connectivity index (χ0n) is 16.1. The molecule has 0 aliphatic heterocycles. The van der Waals surface area contributed by atoms with Crippen molar-refractivity contribution in [3.8, 4) is 5.75 Å². The van der Waals surface area contributed by atoms with Crippen molar-refractivity contribution < 1.29 is 19.1 Å². The first-order valence-electron chi connectivity index (χ1n) is 9.28. The van der Waals surface area contributed by atoms with Crippen LogP contribution < -0.4 is 15.4 Å². The lowest BCUT2D eigenvalue weighted by Gasteiger charge is -2.09. The molecule has 2 N–H and O–H groups in total. The fourth-order valence-electron chi connectivity index (χ4n) is 2.54. The van der Waals surface area contributed by atoms with Crippen molar-refractivity contribution in [3.63, 3.8) is 0 Å². The van der Waals surface area contributed by atoms with Crippen LogP contribution in [0.4, 0.5) is 11.4 Å². The number of anilines is 2. The molecule has 6 nitrogen and oxygen atoms in total. The summed E-state index contributed by atoms with van der Waals surface area (Å²) in [7, 11) is 0. The SMILES string of the molecule is O=C(COCC(=O)Nc1ccc(OCc2ccccc2)cc1)Nc1ccc(Cl)cc1. The van der Waals surface area contributed by atoms with Gasteiger partial charge in [-0.1, -0.05) is 41.9 Å². The van der Waals surface area contributed by atoms with E-state index < -0.39 is 0 Å². The maximum atomic E-state index is 12.0. The molecule has 0 aromatic heterocycles. The monoisotopic (exact) mass is 424 g/mol. The molecule has 0 atom stereocenters. The Hall–Kier alpha value is -3.35. The number of carbonyl (C=O) groups is 2. The third-order valence-electron chi connectivity index (χ3n) is 3.98. The Morgan fingerprint density at radius 3 is 1.83 bits per heavy atom. The molecule has 3 aromatic carbocycles. The molecule has 0 aliphatic rings. The summed E-state index contributed by atoms with van der Waals surface area (Å²) in [5.41, 5.74) is 2.29. The number of rotatable bonds is 9. The molecule has 0 saturated heterocycles. The molecule has 30 heavy (non-hydrogen) atoms. The van der Waals surface area contributed by atoms with E-state index in [4.69, 9.17) is 21.1 Å². The van der Waals surface area contributed by atoms with Gasteiger partial charge in [0.2, 0.25) is 11.8 Å². The van der Waals surface area contributed by atoms with Crippen LogP contribution in [-0.4, -0.2) is 25.0 Å². The normalized spacial score (nSPS) is 10.3. The van der Waals surface area contributed by atoms with E-state index in [2.05, 4.69) is 10.6 Å². The van der Waals surface area contributed by atoms with Crippen LogP contribution in [0.25, 0.3) is 0 Å². The lowest BCUT2D eigenvalue weighted by molar-refractivity contribution is -0.125. The van der Waals surface area contributed by atoms with Crippen molar-refractivity contribution in [2.24, 2.45) is 0 Å². The summed E-state index contributed by atoms with van der Waals surface area (Å²) < 4.78 is 10.9. The van der Waals surface area contributed by atoms with Crippen molar-refractivity contribution >= 4 is 34.8 Å². The van der Waals surface area contributed by atoms with E-state index in [0.29, 0.717) is 28.8 Å². The largest absolute Gasteiger partial charge is 0.489 e. The Morgan fingerprint density at radius 1 is 0.733 bits per heavy atom. The second kappa shape index (κ2) is 11.0. The Labute approximate surface area is 179 Å². The maximum absolute atomic E-state index is 12.0. The van der Waals surface area contributed by atoms with Crippen LogP contribution in [-0.2, 0) is 20.9 Å². The van der Waals surface area contributed by atoms with Gasteiger partial charge in [-0.05, 0) is 54.1 Å². The first kappa shape index (κ1) is 21.4. The summed E-state index contributed by atoms with van der Waals surface area (Å²) in [6, 6.07) is 23.6. The zero-order valence-corrected chi connectivity index (χ0v) is 16.9. The summed E-state index contributed by atoms with van der Waals surface area (Å²) in [5.74, 6) is -0.00994. The van der Waals surface area contributed by atoms with Crippen molar-refractivity contribution in [1.82, 2.24) is 0 Å². The van der Waals surface area contributed by atoms with Gasteiger partial charge in [0.15, 0.2) is 0 Å². The highest BCUT2D eigenvalue weighted by Crippen LogP contribution is 2.17. The van der Waals surface area contributed by atoms with E-state index in [9.17, 15) is 9.59 Å². The molecule has 0 saturated carbocycles. The average Bonchev–Trinajstić information content (AvgIpc) is 2.75. The molecule has 0 heterocycles. The molecule has 154 valence electrons. The number of hydrogen-bond donors (Lipinski definition) is 2. The fraction of sp³-hybridized carbons (Fsp3) is 0.130. The molecule has 0 radical (unpaired) electrons. The number of nitrogens with one attached hydrogen (secondary N) is 2. The van der Waals surface area contributed by atoms with E-state index in [0.717, 1.165) is 5.56 Å². The lowest BCUT2D eigenvalue weighted by atomic mass is 10.2. The van der Waals surface area contributed by atoms with Gasteiger partial charge in [-0.2, -0.15) is 0 Å². The van der Waals surface area contributed by atoms with Crippen molar-refractivity contribution in [2.45, 2.75) is 6.61 Å². The van der Waals surface area contributed by atoms with Crippen LogP contribution >= 0.6 is 11.6 Å². The lowest BCUT2D eigenvalue weighted by Crippen LogP contribution is -2.23. The number of halogens is 1. The van der Waals surface area contributed by atoms with Gasteiger partial charge in [0.25, 0.3) is 0 Å². The summed E-state index contributed by atoms with van der Waals surface area (Å²) in [5, 5.41) is 5.94.